The molecule has 2 aromatic heterocycles. The first-order chi connectivity index (χ1) is 14.0. The zero-order valence-electron chi connectivity index (χ0n) is 16.8. The van der Waals surface area contributed by atoms with Crippen molar-refractivity contribution in [1.29, 1.82) is 0 Å². The lowest BCUT2D eigenvalue weighted by molar-refractivity contribution is -0.116. The highest BCUT2D eigenvalue weighted by atomic mass is 32.1. The van der Waals surface area contributed by atoms with Crippen LogP contribution in [0.15, 0.2) is 58.5 Å². The minimum atomic E-state index is -0.173. The molecule has 0 bridgehead atoms. The van der Waals surface area contributed by atoms with Crippen LogP contribution < -0.4 is 10.1 Å². The summed E-state index contributed by atoms with van der Waals surface area (Å²) in [5, 5.41) is 5.93. The molecule has 0 saturated heterocycles. The molecule has 0 fully saturated rings. The van der Waals surface area contributed by atoms with Gasteiger partial charge in [-0.05, 0) is 45.3 Å². The van der Waals surface area contributed by atoms with E-state index >= 15 is 0 Å². The third kappa shape index (κ3) is 6.04. The van der Waals surface area contributed by atoms with Crippen molar-refractivity contribution in [2.24, 2.45) is 0 Å². The molecular formula is C22H25N3O3S. The van der Waals surface area contributed by atoms with E-state index in [2.05, 4.69) is 10.3 Å². The molecule has 3 rings (SSSR count). The quantitative estimate of drug-likeness (QED) is 0.538. The zero-order valence-corrected chi connectivity index (χ0v) is 17.6. The lowest BCUT2D eigenvalue weighted by atomic mass is 10.2. The van der Waals surface area contributed by atoms with Gasteiger partial charge in [-0.25, -0.2) is 4.98 Å². The molecule has 7 heteroatoms. The topological polar surface area (TPSA) is 67.6 Å². The lowest BCUT2D eigenvalue weighted by Crippen LogP contribution is -2.33. The number of hydrogen-bond acceptors (Lipinski definition) is 6. The van der Waals surface area contributed by atoms with E-state index in [1.165, 1.54) is 6.08 Å². The van der Waals surface area contributed by atoms with E-state index in [0.29, 0.717) is 18.9 Å². The van der Waals surface area contributed by atoms with Crippen LogP contribution >= 0.6 is 11.3 Å². The Labute approximate surface area is 174 Å². The van der Waals surface area contributed by atoms with E-state index in [1.54, 1.807) is 23.7 Å². The minimum Gasteiger partial charge on any atom is -0.487 e. The molecule has 152 valence electrons. The number of carbonyl (C=O) groups excluding carboxylic acids is 1. The Morgan fingerprint density at radius 2 is 2.14 bits per heavy atom. The fraction of sp³-hybridized carbons (Fsp3) is 0.273. The zero-order chi connectivity index (χ0) is 20.6. The minimum absolute atomic E-state index is 0.0282. The van der Waals surface area contributed by atoms with Crippen LogP contribution in [0, 0.1) is 6.92 Å². The number of aromatic nitrogens is 1. The number of amides is 1. The van der Waals surface area contributed by atoms with Gasteiger partial charge in [-0.2, -0.15) is 0 Å². The Balaban J connectivity index is 1.58. The van der Waals surface area contributed by atoms with Crippen molar-refractivity contribution in [1.82, 2.24) is 15.2 Å². The van der Waals surface area contributed by atoms with Gasteiger partial charge in [0.25, 0.3) is 0 Å². The summed E-state index contributed by atoms with van der Waals surface area (Å²) >= 11 is 1.60. The number of rotatable bonds is 9. The third-order valence-electron chi connectivity index (χ3n) is 4.34. The highest BCUT2D eigenvalue weighted by Crippen LogP contribution is 2.21. The van der Waals surface area contributed by atoms with Crippen molar-refractivity contribution in [3.8, 4) is 5.75 Å². The van der Waals surface area contributed by atoms with Gasteiger partial charge < -0.3 is 14.5 Å². The summed E-state index contributed by atoms with van der Waals surface area (Å²) < 4.78 is 11.4. The maximum atomic E-state index is 12.3. The SMILES string of the molecule is Cc1nc(COc2ccccc2/C=C/C(=O)NCC(c2ccco2)N(C)C)cs1. The van der Waals surface area contributed by atoms with Crippen LogP contribution in [0.1, 0.15) is 28.1 Å². The van der Waals surface area contributed by atoms with Crippen molar-refractivity contribution in [2.45, 2.75) is 19.6 Å². The number of carbonyl (C=O) groups is 1. The van der Waals surface area contributed by atoms with Crippen molar-refractivity contribution in [3.05, 3.63) is 76.1 Å². The van der Waals surface area contributed by atoms with Crippen LogP contribution in [-0.4, -0.2) is 36.4 Å². The van der Waals surface area contributed by atoms with E-state index in [9.17, 15) is 4.79 Å². The summed E-state index contributed by atoms with van der Waals surface area (Å²) in [4.78, 5) is 18.7. The van der Waals surface area contributed by atoms with Crippen molar-refractivity contribution in [3.63, 3.8) is 0 Å². The first-order valence-corrected chi connectivity index (χ1v) is 10.2. The first kappa shape index (κ1) is 20.8. The number of para-hydroxylation sites is 1. The summed E-state index contributed by atoms with van der Waals surface area (Å²) in [6, 6.07) is 11.3. The predicted octanol–water partition coefficient (Wildman–Crippen LogP) is 4.06. The maximum absolute atomic E-state index is 12.3. The van der Waals surface area contributed by atoms with E-state index in [0.717, 1.165) is 22.0 Å². The summed E-state index contributed by atoms with van der Waals surface area (Å²) in [5.74, 6) is 1.35. The van der Waals surface area contributed by atoms with E-state index in [4.69, 9.17) is 9.15 Å². The molecular weight excluding hydrogens is 386 g/mol. The number of thiazole rings is 1. The number of nitrogens with one attached hydrogen (secondary N) is 1. The normalized spacial score (nSPS) is 12.4. The largest absolute Gasteiger partial charge is 0.487 e. The highest BCUT2D eigenvalue weighted by molar-refractivity contribution is 7.09. The van der Waals surface area contributed by atoms with E-state index in [-0.39, 0.29) is 11.9 Å². The van der Waals surface area contributed by atoms with Gasteiger partial charge in [0.15, 0.2) is 0 Å². The number of furan rings is 1. The number of ether oxygens (including phenoxy) is 1. The van der Waals surface area contributed by atoms with Gasteiger partial charge in [0.05, 0.1) is 23.0 Å². The summed E-state index contributed by atoms with van der Waals surface area (Å²) in [7, 11) is 3.90. The molecule has 6 nitrogen and oxygen atoms in total. The molecule has 2 heterocycles. The van der Waals surface area contributed by atoms with Crippen LogP contribution in [0.2, 0.25) is 0 Å². The fourth-order valence-electron chi connectivity index (χ4n) is 2.82. The second-order valence-electron chi connectivity index (χ2n) is 6.76. The van der Waals surface area contributed by atoms with Crippen LogP contribution in [0.4, 0.5) is 0 Å². The molecule has 0 saturated carbocycles. The fourth-order valence-corrected chi connectivity index (χ4v) is 3.41. The van der Waals surface area contributed by atoms with Crippen LogP contribution in [-0.2, 0) is 11.4 Å². The van der Waals surface area contributed by atoms with Crippen molar-refractivity contribution < 1.29 is 13.9 Å². The maximum Gasteiger partial charge on any atom is 0.244 e. The molecule has 3 aromatic rings. The van der Waals surface area contributed by atoms with Gasteiger partial charge in [-0.1, -0.05) is 18.2 Å². The second kappa shape index (κ2) is 10.0. The second-order valence-corrected chi connectivity index (χ2v) is 7.82. The molecule has 0 spiro atoms. The number of benzene rings is 1. The number of aryl methyl sites for hydroxylation is 1. The molecule has 1 aromatic carbocycles. The summed E-state index contributed by atoms with van der Waals surface area (Å²) in [6.45, 7) is 2.82. The van der Waals surface area contributed by atoms with Gasteiger partial charge >= 0.3 is 0 Å². The number of hydrogen-bond donors (Lipinski definition) is 1. The Morgan fingerprint density at radius 3 is 2.83 bits per heavy atom. The molecule has 0 aliphatic rings. The molecule has 29 heavy (non-hydrogen) atoms. The van der Waals surface area contributed by atoms with E-state index in [1.807, 2.05) is 67.7 Å². The molecule has 0 radical (unpaired) electrons. The van der Waals surface area contributed by atoms with E-state index < -0.39 is 0 Å². The number of nitrogens with zero attached hydrogens (tertiary/aromatic N) is 2. The number of likely N-dealkylation sites (N-methyl/N-ethyl adjacent to an activating group) is 1. The van der Waals surface area contributed by atoms with Gasteiger partial charge in [0.1, 0.15) is 18.1 Å². The molecule has 1 amide bonds. The standard InChI is InChI=1S/C22H25N3O3S/c1-16-24-18(15-29-16)14-28-20-8-5-4-7-17(20)10-11-22(26)23-13-19(25(2)3)21-9-6-12-27-21/h4-12,15,19H,13-14H2,1-3H3,(H,23,26)/b11-10+. The predicted molar refractivity (Wildman–Crippen MR) is 115 cm³/mol. The molecule has 1 atom stereocenters. The molecule has 1 N–H and O–H groups in total. The summed E-state index contributed by atoms with van der Waals surface area (Å²) in [5.41, 5.74) is 1.74. The monoisotopic (exact) mass is 411 g/mol. The lowest BCUT2D eigenvalue weighted by Gasteiger charge is -2.22. The Morgan fingerprint density at radius 1 is 1.31 bits per heavy atom. The Kier molecular flexibility index (Phi) is 7.21. The Hall–Kier alpha value is -2.90. The van der Waals surface area contributed by atoms with Gasteiger partial charge in [-0.15, -0.1) is 11.3 Å². The first-order valence-electron chi connectivity index (χ1n) is 9.31. The van der Waals surface area contributed by atoms with Gasteiger partial charge in [-0.3, -0.25) is 9.69 Å². The highest BCUT2D eigenvalue weighted by Gasteiger charge is 2.17. The average Bonchev–Trinajstić information content (AvgIpc) is 3.37. The summed E-state index contributed by atoms with van der Waals surface area (Å²) in [6.07, 6.45) is 4.91. The Bertz CT molecular complexity index is 948. The van der Waals surface area contributed by atoms with Crippen LogP contribution in [0.3, 0.4) is 0 Å². The van der Waals surface area contributed by atoms with Crippen molar-refractivity contribution >= 4 is 23.3 Å². The van der Waals surface area contributed by atoms with Crippen LogP contribution in [0.25, 0.3) is 6.08 Å². The van der Waals surface area contributed by atoms with Crippen LogP contribution in [0.5, 0.6) is 5.75 Å². The van der Waals surface area contributed by atoms with Crippen molar-refractivity contribution in [2.75, 3.05) is 20.6 Å². The molecule has 0 aliphatic heterocycles. The molecule has 0 aliphatic carbocycles. The smallest absolute Gasteiger partial charge is 0.244 e. The van der Waals surface area contributed by atoms with Gasteiger partial charge in [0, 0.05) is 23.6 Å². The third-order valence-corrected chi connectivity index (χ3v) is 5.16. The van der Waals surface area contributed by atoms with Gasteiger partial charge in [0.2, 0.25) is 5.91 Å². The molecule has 1 unspecified atom stereocenters. The average molecular weight is 412 g/mol.